The molecule has 0 aliphatic carbocycles. The number of hydrogen-bond acceptors (Lipinski definition) is 2. The first-order valence-corrected chi connectivity index (χ1v) is 4.66. The highest BCUT2D eigenvalue weighted by molar-refractivity contribution is 7.17. The molecule has 0 spiro atoms. The molecule has 0 aliphatic heterocycles. The Morgan fingerprint density at radius 3 is 3.08 bits per heavy atom. The van der Waals surface area contributed by atoms with E-state index in [4.69, 9.17) is 0 Å². The molecule has 1 aromatic heterocycles. The van der Waals surface area contributed by atoms with E-state index in [1.165, 1.54) is 5.56 Å². The number of thiazole rings is 1. The van der Waals surface area contributed by atoms with Crippen LogP contribution in [-0.4, -0.2) is 4.98 Å². The summed E-state index contributed by atoms with van der Waals surface area (Å²) < 4.78 is 13.6. The smallest absolute Gasteiger partial charge is 0.209 e. The number of benzene rings is 1. The maximum absolute atomic E-state index is 12.7. The zero-order chi connectivity index (χ0) is 8.55. The van der Waals surface area contributed by atoms with Gasteiger partial charge in [0, 0.05) is 0 Å². The average molecular weight is 181 g/mol. The minimum atomic E-state index is -0.349. The molecule has 1 aromatic carbocycles. The molecule has 0 saturated carbocycles. The number of rotatable bonds is 1. The summed E-state index contributed by atoms with van der Waals surface area (Å²) >= 11 is 1.10. The van der Waals surface area contributed by atoms with Crippen LogP contribution in [0.3, 0.4) is 0 Å². The quantitative estimate of drug-likeness (QED) is 0.659. The van der Waals surface area contributed by atoms with Gasteiger partial charge >= 0.3 is 0 Å². The molecule has 0 fully saturated rings. The molecule has 1 nitrogen and oxygen atoms in total. The van der Waals surface area contributed by atoms with E-state index in [9.17, 15) is 4.39 Å². The first-order valence-electron chi connectivity index (χ1n) is 3.84. The van der Waals surface area contributed by atoms with Gasteiger partial charge in [-0.25, -0.2) is 4.98 Å². The van der Waals surface area contributed by atoms with E-state index in [0.717, 1.165) is 28.0 Å². The van der Waals surface area contributed by atoms with Gasteiger partial charge in [-0.05, 0) is 24.1 Å². The van der Waals surface area contributed by atoms with Crippen LogP contribution >= 0.6 is 11.3 Å². The van der Waals surface area contributed by atoms with Crippen LogP contribution in [0.25, 0.3) is 10.2 Å². The van der Waals surface area contributed by atoms with E-state index in [-0.39, 0.29) is 5.26 Å². The Hall–Kier alpha value is -0.960. The van der Waals surface area contributed by atoms with Gasteiger partial charge in [0.25, 0.3) is 5.26 Å². The SMILES string of the molecule is CCc1ccc2nc(F)sc2c1. The lowest BCUT2D eigenvalue weighted by Crippen LogP contribution is -1.77. The van der Waals surface area contributed by atoms with E-state index in [0.29, 0.717) is 0 Å². The van der Waals surface area contributed by atoms with Crippen LogP contribution in [0.15, 0.2) is 18.2 Å². The zero-order valence-electron chi connectivity index (χ0n) is 6.67. The van der Waals surface area contributed by atoms with E-state index in [2.05, 4.69) is 11.9 Å². The Morgan fingerprint density at radius 1 is 1.50 bits per heavy atom. The van der Waals surface area contributed by atoms with Gasteiger partial charge in [0.1, 0.15) is 0 Å². The molecule has 2 aromatic rings. The van der Waals surface area contributed by atoms with E-state index in [1.54, 1.807) is 0 Å². The maximum Gasteiger partial charge on any atom is 0.270 e. The van der Waals surface area contributed by atoms with Gasteiger partial charge in [-0.3, -0.25) is 0 Å². The molecule has 0 bridgehead atoms. The van der Waals surface area contributed by atoms with Gasteiger partial charge in [-0.15, -0.1) is 0 Å². The fourth-order valence-corrected chi connectivity index (χ4v) is 1.91. The van der Waals surface area contributed by atoms with Crippen molar-refractivity contribution in [2.24, 2.45) is 0 Å². The maximum atomic E-state index is 12.7. The molecule has 0 unspecified atom stereocenters. The van der Waals surface area contributed by atoms with Crippen molar-refractivity contribution in [2.75, 3.05) is 0 Å². The van der Waals surface area contributed by atoms with Crippen LogP contribution in [-0.2, 0) is 6.42 Å². The largest absolute Gasteiger partial charge is 0.270 e. The standard InChI is InChI=1S/C9H8FNS/c1-2-6-3-4-7-8(5-6)12-9(10)11-7/h3-5H,2H2,1H3. The minimum Gasteiger partial charge on any atom is -0.209 e. The summed E-state index contributed by atoms with van der Waals surface area (Å²) in [5, 5.41) is -0.349. The van der Waals surface area contributed by atoms with Gasteiger partial charge in [-0.1, -0.05) is 24.3 Å². The van der Waals surface area contributed by atoms with Gasteiger partial charge in [0.15, 0.2) is 0 Å². The highest BCUT2D eigenvalue weighted by Crippen LogP contribution is 2.22. The van der Waals surface area contributed by atoms with E-state index < -0.39 is 0 Å². The highest BCUT2D eigenvalue weighted by atomic mass is 32.1. The minimum absolute atomic E-state index is 0.349. The van der Waals surface area contributed by atoms with Crippen molar-refractivity contribution < 1.29 is 4.39 Å². The molecule has 1 heterocycles. The first kappa shape index (κ1) is 7.68. The second-order valence-corrected chi connectivity index (χ2v) is 3.60. The van der Waals surface area contributed by atoms with Crippen LogP contribution in [0.1, 0.15) is 12.5 Å². The monoisotopic (exact) mass is 181 g/mol. The molecular weight excluding hydrogens is 173 g/mol. The Bertz CT molecular complexity index is 408. The fraction of sp³-hybridized carbons (Fsp3) is 0.222. The molecule has 0 N–H and O–H groups in total. The van der Waals surface area contributed by atoms with Crippen LogP contribution < -0.4 is 0 Å². The molecular formula is C9H8FNS. The number of nitrogens with zero attached hydrogens (tertiary/aromatic N) is 1. The average Bonchev–Trinajstić information content (AvgIpc) is 2.43. The van der Waals surface area contributed by atoms with Crippen LogP contribution in [0.2, 0.25) is 0 Å². The first-order chi connectivity index (χ1) is 5.79. The summed E-state index contributed by atoms with van der Waals surface area (Å²) in [5.74, 6) is 0. The van der Waals surface area contributed by atoms with E-state index >= 15 is 0 Å². The summed E-state index contributed by atoms with van der Waals surface area (Å²) in [4.78, 5) is 3.74. The molecule has 0 atom stereocenters. The summed E-state index contributed by atoms with van der Waals surface area (Å²) in [6, 6.07) is 5.85. The molecule has 2 rings (SSSR count). The van der Waals surface area contributed by atoms with Crippen molar-refractivity contribution in [3.05, 3.63) is 29.0 Å². The molecule has 0 saturated heterocycles. The van der Waals surface area contributed by atoms with Crippen molar-refractivity contribution in [1.29, 1.82) is 0 Å². The van der Waals surface area contributed by atoms with Crippen LogP contribution in [0.4, 0.5) is 4.39 Å². The van der Waals surface area contributed by atoms with Crippen molar-refractivity contribution >= 4 is 21.6 Å². The third-order valence-electron chi connectivity index (χ3n) is 1.83. The lowest BCUT2D eigenvalue weighted by Gasteiger charge is -1.93. The summed E-state index contributed by atoms with van der Waals surface area (Å²) in [6.45, 7) is 2.08. The lowest BCUT2D eigenvalue weighted by atomic mass is 10.2. The summed E-state index contributed by atoms with van der Waals surface area (Å²) in [7, 11) is 0. The van der Waals surface area contributed by atoms with Crippen molar-refractivity contribution in [1.82, 2.24) is 4.98 Å². The Morgan fingerprint density at radius 2 is 2.33 bits per heavy atom. The van der Waals surface area contributed by atoms with Crippen LogP contribution in [0, 0.1) is 5.26 Å². The van der Waals surface area contributed by atoms with Crippen molar-refractivity contribution in [2.45, 2.75) is 13.3 Å². The third kappa shape index (κ3) is 1.20. The summed E-state index contributed by atoms with van der Waals surface area (Å²) in [6.07, 6.45) is 0.982. The second-order valence-electron chi connectivity index (χ2n) is 2.62. The fourth-order valence-electron chi connectivity index (χ4n) is 1.16. The van der Waals surface area contributed by atoms with Gasteiger partial charge in [0.2, 0.25) is 0 Å². The molecule has 0 radical (unpaired) electrons. The van der Waals surface area contributed by atoms with E-state index in [1.807, 2.05) is 18.2 Å². The molecule has 12 heavy (non-hydrogen) atoms. The zero-order valence-corrected chi connectivity index (χ0v) is 7.49. The second kappa shape index (κ2) is 2.83. The molecule has 3 heteroatoms. The number of halogens is 1. The molecule has 62 valence electrons. The Kier molecular flexibility index (Phi) is 1.81. The van der Waals surface area contributed by atoms with Crippen LogP contribution in [0.5, 0.6) is 0 Å². The highest BCUT2D eigenvalue weighted by Gasteiger charge is 2.02. The van der Waals surface area contributed by atoms with Crippen molar-refractivity contribution in [3.8, 4) is 0 Å². The van der Waals surface area contributed by atoms with Gasteiger partial charge < -0.3 is 0 Å². The Labute approximate surface area is 73.9 Å². The third-order valence-corrected chi connectivity index (χ3v) is 2.64. The predicted molar refractivity (Wildman–Crippen MR) is 49.0 cm³/mol. The molecule has 0 amide bonds. The van der Waals surface area contributed by atoms with Crippen molar-refractivity contribution in [3.63, 3.8) is 0 Å². The summed E-state index contributed by atoms with van der Waals surface area (Å²) in [5.41, 5.74) is 1.99. The number of aromatic nitrogens is 1. The normalized spacial score (nSPS) is 10.8. The van der Waals surface area contributed by atoms with Gasteiger partial charge in [0.05, 0.1) is 10.2 Å². The number of hydrogen-bond donors (Lipinski definition) is 0. The number of fused-ring (bicyclic) bond motifs is 1. The predicted octanol–water partition coefficient (Wildman–Crippen LogP) is 3.00. The number of aryl methyl sites for hydroxylation is 1. The molecule has 0 aliphatic rings. The van der Waals surface area contributed by atoms with Gasteiger partial charge in [-0.2, -0.15) is 4.39 Å². The topological polar surface area (TPSA) is 12.9 Å². The lowest BCUT2D eigenvalue weighted by molar-refractivity contribution is 0.620. The Balaban J connectivity index is 2.66.